The van der Waals surface area contributed by atoms with E-state index in [1.54, 1.807) is 0 Å². The van der Waals surface area contributed by atoms with Crippen LogP contribution in [0.1, 0.15) is 49.1 Å². The van der Waals surface area contributed by atoms with E-state index >= 15 is 0 Å². The molecule has 35 heavy (non-hydrogen) atoms. The monoisotopic (exact) mass is 478 g/mol. The van der Waals surface area contributed by atoms with Crippen molar-refractivity contribution in [1.82, 2.24) is 10.6 Å². The fourth-order valence-electron chi connectivity index (χ4n) is 5.61. The van der Waals surface area contributed by atoms with Crippen molar-refractivity contribution in [2.45, 2.75) is 49.6 Å². The predicted molar refractivity (Wildman–Crippen MR) is 128 cm³/mol. The van der Waals surface area contributed by atoms with Gasteiger partial charge < -0.3 is 25.2 Å². The first kappa shape index (κ1) is 23.4. The van der Waals surface area contributed by atoms with Crippen LogP contribution in [0.4, 0.5) is 4.79 Å². The first-order valence-corrected chi connectivity index (χ1v) is 12.2. The van der Waals surface area contributed by atoms with Gasteiger partial charge in [-0.05, 0) is 41.5 Å². The van der Waals surface area contributed by atoms with E-state index in [9.17, 15) is 19.5 Å². The summed E-state index contributed by atoms with van der Waals surface area (Å²) >= 11 is 0. The molecule has 3 aliphatic rings. The van der Waals surface area contributed by atoms with Crippen LogP contribution < -0.4 is 10.6 Å². The largest absolute Gasteiger partial charge is 0.480 e. The Morgan fingerprint density at radius 3 is 2.23 bits per heavy atom. The van der Waals surface area contributed by atoms with Gasteiger partial charge in [0.1, 0.15) is 12.1 Å². The van der Waals surface area contributed by atoms with Crippen molar-refractivity contribution >= 4 is 18.0 Å². The quantitative estimate of drug-likeness (QED) is 0.586. The Morgan fingerprint density at radius 2 is 1.60 bits per heavy atom. The summed E-state index contributed by atoms with van der Waals surface area (Å²) in [5.41, 5.74) is 3.38. The molecule has 2 atom stereocenters. The van der Waals surface area contributed by atoms with Crippen molar-refractivity contribution in [1.29, 1.82) is 0 Å². The second-order valence-corrected chi connectivity index (χ2v) is 9.67. The Morgan fingerprint density at radius 1 is 0.971 bits per heavy atom. The summed E-state index contributed by atoms with van der Waals surface area (Å²) in [5.74, 6) is -1.65. The molecule has 0 aromatic heterocycles. The normalized spacial score (nSPS) is 22.6. The SMILES string of the molecule is O=C(NC1CCC(C(=O)NC2(C(=O)O)CCOCC2)C1)OCC1c2ccccc2-c2ccccc21. The molecule has 184 valence electrons. The van der Waals surface area contributed by atoms with E-state index in [1.807, 2.05) is 24.3 Å². The van der Waals surface area contributed by atoms with Gasteiger partial charge in [-0.25, -0.2) is 9.59 Å². The van der Waals surface area contributed by atoms with Crippen molar-refractivity contribution < 1.29 is 29.0 Å². The standard InChI is InChI=1S/C27H30N2O6/c30-24(29-27(25(31)32)11-13-34-14-12-27)17-9-10-18(15-17)28-26(33)35-16-23-21-7-3-1-5-19(21)20-6-2-4-8-22(20)23/h1-8,17-18,23H,9-16H2,(H,28,33)(H,29,30)(H,31,32). The van der Waals surface area contributed by atoms with E-state index < -0.39 is 17.6 Å². The van der Waals surface area contributed by atoms with Gasteiger partial charge >= 0.3 is 12.1 Å². The third-order valence-electron chi connectivity index (χ3n) is 7.59. The maximum absolute atomic E-state index is 12.8. The van der Waals surface area contributed by atoms with Crippen LogP contribution in [0.5, 0.6) is 0 Å². The molecule has 3 N–H and O–H groups in total. The van der Waals surface area contributed by atoms with Gasteiger partial charge in [0.15, 0.2) is 0 Å². The van der Waals surface area contributed by atoms with Crippen molar-refractivity contribution in [2.75, 3.05) is 19.8 Å². The molecule has 0 radical (unpaired) electrons. The summed E-state index contributed by atoms with van der Waals surface area (Å²) in [6, 6.07) is 16.2. The highest BCUT2D eigenvalue weighted by atomic mass is 16.5. The number of carboxylic acid groups (broad SMARTS) is 1. The molecular formula is C27H30N2O6. The summed E-state index contributed by atoms with van der Waals surface area (Å²) in [6.07, 6.45) is 1.70. The molecule has 2 unspecified atom stereocenters. The van der Waals surface area contributed by atoms with Crippen molar-refractivity contribution in [3.05, 3.63) is 59.7 Å². The lowest BCUT2D eigenvalue weighted by Gasteiger charge is -2.34. The molecule has 2 aliphatic carbocycles. The Hall–Kier alpha value is -3.39. The van der Waals surface area contributed by atoms with E-state index in [0.29, 0.717) is 32.5 Å². The minimum atomic E-state index is -1.27. The fraction of sp³-hybridized carbons (Fsp3) is 0.444. The van der Waals surface area contributed by atoms with Gasteiger partial charge in [-0.1, -0.05) is 48.5 Å². The number of nitrogens with one attached hydrogen (secondary N) is 2. The number of carbonyl (C=O) groups is 3. The summed E-state index contributed by atoms with van der Waals surface area (Å²) in [4.78, 5) is 37.2. The molecule has 1 saturated carbocycles. The molecule has 1 aliphatic heterocycles. The molecule has 8 heteroatoms. The molecule has 5 rings (SSSR count). The second-order valence-electron chi connectivity index (χ2n) is 9.67. The number of hydrogen-bond acceptors (Lipinski definition) is 5. The van der Waals surface area contributed by atoms with Gasteiger partial charge in [-0.15, -0.1) is 0 Å². The van der Waals surface area contributed by atoms with Gasteiger partial charge in [0.25, 0.3) is 0 Å². The molecule has 8 nitrogen and oxygen atoms in total. The lowest BCUT2D eigenvalue weighted by molar-refractivity contribution is -0.152. The van der Waals surface area contributed by atoms with Gasteiger partial charge in [0.05, 0.1) is 0 Å². The van der Waals surface area contributed by atoms with Gasteiger partial charge in [0.2, 0.25) is 5.91 Å². The highest BCUT2D eigenvalue weighted by Crippen LogP contribution is 2.44. The van der Waals surface area contributed by atoms with E-state index in [2.05, 4.69) is 34.9 Å². The third-order valence-corrected chi connectivity index (χ3v) is 7.59. The van der Waals surface area contributed by atoms with Crippen LogP contribution in [0.15, 0.2) is 48.5 Å². The zero-order valence-corrected chi connectivity index (χ0v) is 19.5. The molecule has 0 spiro atoms. The van der Waals surface area contributed by atoms with Gasteiger partial charge in [0, 0.05) is 43.9 Å². The van der Waals surface area contributed by atoms with Crippen molar-refractivity contribution in [3.63, 3.8) is 0 Å². The predicted octanol–water partition coefficient (Wildman–Crippen LogP) is 3.44. The summed E-state index contributed by atoms with van der Waals surface area (Å²) in [6.45, 7) is 0.853. The summed E-state index contributed by atoms with van der Waals surface area (Å²) in [5, 5.41) is 15.3. The first-order chi connectivity index (χ1) is 17.0. The first-order valence-electron chi connectivity index (χ1n) is 12.2. The maximum Gasteiger partial charge on any atom is 0.407 e. The van der Waals surface area contributed by atoms with Crippen LogP contribution in [0.2, 0.25) is 0 Å². The zero-order valence-electron chi connectivity index (χ0n) is 19.5. The Labute approximate surface area is 204 Å². The maximum atomic E-state index is 12.8. The van der Waals surface area contributed by atoms with E-state index in [-0.39, 0.29) is 43.2 Å². The highest BCUT2D eigenvalue weighted by molar-refractivity contribution is 5.88. The van der Waals surface area contributed by atoms with Crippen LogP contribution >= 0.6 is 0 Å². The fourth-order valence-corrected chi connectivity index (χ4v) is 5.61. The third kappa shape index (κ3) is 4.62. The zero-order chi connectivity index (χ0) is 24.4. The number of hydrogen-bond donors (Lipinski definition) is 3. The van der Waals surface area contributed by atoms with E-state index in [0.717, 1.165) is 11.1 Å². The summed E-state index contributed by atoms with van der Waals surface area (Å²) in [7, 11) is 0. The Bertz CT molecular complexity index is 1080. The number of ether oxygens (including phenoxy) is 2. The van der Waals surface area contributed by atoms with Crippen molar-refractivity contribution in [3.8, 4) is 11.1 Å². The van der Waals surface area contributed by atoms with Crippen LogP contribution in [0.25, 0.3) is 11.1 Å². The number of rotatable bonds is 6. The lowest BCUT2D eigenvalue weighted by atomic mass is 9.89. The number of benzene rings is 2. The number of alkyl carbamates (subject to hydrolysis) is 1. The van der Waals surface area contributed by atoms with E-state index in [4.69, 9.17) is 9.47 Å². The van der Waals surface area contributed by atoms with Gasteiger partial charge in [-0.3, -0.25) is 4.79 Å². The molecule has 1 saturated heterocycles. The molecule has 2 amide bonds. The number of amides is 2. The molecule has 2 fully saturated rings. The minimum Gasteiger partial charge on any atom is -0.480 e. The lowest BCUT2D eigenvalue weighted by Crippen LogP contribution is -2.58. The van der Waals surface area contributed by atoms with Crippen LogP contribution in [0.3, 0.4) is 0 Å². The minimum absolute atomic E-state index is 0.0121. The van der Waals surface area contributed by atoms with Crippen LogP contribution in [0, 0.1) is 5.92 Å². The number of fused-ring (bicyclic) bond motifs is 3. The van der Waals surface area contributed by atoms with Crippen molar-refractivity contribution in [2.24, 2.45) is 5.92 Å². The Balaban J connectivity index is 1.14. The molecular weight excluding hydrogens is 448 g/mol. The average molecular weight is 479 g/mol. The van der Waals surface area contributed by atoms with Crippen LogP contribution in [-0.4, -0.2) is 54.5 Å². The van der Waals surface area contributed by atoms with Gasteiger partial charge in [-0.2, -0.15) is 0 Å². The molecule has 0 bridgehead atoms. The molecule has 2 aromatic carbocycles. The summed E-state index contributed by atoms with van der Waals surface area (Å²) < 4.78 is 10.9. The smallest absolute Gasteiger partial charge is 0.407 e. The second kappa shape index (κ2) is 9.70. The number of aliphatic carboxylic acids is 1. The number of carboxylic acids is 1. The number of carbonyl (C=O) groups excluding carboxylic acids is 2. The molecule has 1 heterocycles. The van der Waals surface area contributed by atoms with Crippen LogP contribution in [-0.2, 0) is 19.1 Å². The topological polar surface area (TPSA) is 114 Å². The Kier molecular flexibility index (Phi) is 6.47. The highest BCUT2D eigenvalue weighted by Gasteiger charge is 2.43. The molecule has 2 aromatic rings. The van der Waals surface area contributed by atoms with E-state index in [1.165, 1.54) is 11.1 Å². The average Bonchev–Trinajstić information content (AvgIpc) is 3.46.